The molecule has 1 heterocycles. The minimum atomic E-state index is -0.373. The van der Waals surface area contributed by atoms with Crippen molar-refractivity contribution >= 4 is 27.3 Å². The molecular formula is C15H18BrFN2S. The zero-order valence-corrected chi connectivity index (χ0v) is 14.2. The summed E-state index contributed by atoms with van der Waals surface area (Å²) >= 11 is 4.83. The van der Waals surface area contributed by atoms with Crippen LogP contribution in [0.5, 0.6) is 0 Å². The SMILES string of the molecule is CC(C)(C)c1csc(CC(N)c2ccc(Br)cc2F)n1. The molecule has 0 aliphatic carbocycles. The van der Waals surface area contributed by atoms with E-state index in [0.717, 1.165) is 15.2 Å². The maximum absolute atomic E-state index is 13.9. The molecule has 108 valence electrons. The van der Waals surface area contributed by atoms with Crippen LogP contribution in [0.25, 0.3) is 0 Å². The fourth-order valence-electron chi connectivity index (χ4n) is 1.85. The third-order valence-electron chi connectivity index (χ3n) is 3.08. The maximum atomic E-state index is 13.9. The molecule has 1 atom stereocenters. The Labute approximate surface area is 131 Å². The Morgan fingerprint density at radius 3 is 2.65 bits per heavy atom. The Hall–Kier alpha value is -0.780. The molecule has 0 spiro atoms. The molecule has 1 aromatic carbocycles. The first-order valence-corrected chi connectivity index (χ1v) is 8.10. The highest BCUT2D eigenvalue weighted by atomic mass is 79.9. The maximum Gasteiger partial charge on any atom is 0.129 e. The molecule has 0 aliphatic heterocycles. The Morgan fingerprint density at radius 2 is 2.10 bits per heavy atom. The molecule has 2 nitrogen and oxygen atoms in total. The average molecular weight is 357 g/mol. The lowest BCUT2D eigenvalue weighted by atomic mass is 9.93. The van der Waals surface area contributed by atoms with Gasteiger partial charge in [0.25, 0.3) is 0 Å². The van der Waals surface area contributed by atoms with Crippen LogP contribution in [0.3, 0.4) is 0 Å². The van der Waals surface area contributed by atoms with E-state index >= 15 is 0 Å². The summed E-state index contributed by atoms with van der Waals surface area (Å²) in [6.07, 6.45) is 0.555. The fraction of sp³-hybridized carbons (Fsp3) is 0.400. The van der Waals surface area contributed by atoms with Gasteiger partial charge in [0, 0.05) is 33.3 Å². The van der Waals surface area contributed by atoms with Gasteiger partial charge < -0.3 is 5.73 Å². The van der Waals surface area contributed by atoms with Crippen LogP contribution >= 0.6 is 27.3 Å². The van der Waals surface area contributed by atoms with Crippen molar-refractivity contribution < 1.29 is 4.39 Å². The Balaban J connectivity index is 2.15. The standard InChI is InChI=1S/C15H18BrFN2S/c1-15(2,3)13-8-20-14(19-13)7-12(18)10-5-4-9(16)6-11(10)17/h4-6,8,12H,7,18H2,1-3H3. The topological polar surface area (TPSA) is 38.9 Å². The van der Waals surface area contributed by atoms with E-state index in [2.05, 4.69) is 47.1 Å². The zero-order chi connectivity index (χ0) is 14.9. The molecule has 0 saturated carbocycles. The van der Waals surface area contributed by atoms with Crippen molar-refractivity contribution in [2.24, 2.45) is 5.73 Å². The van der Waals surface area contributed by atoms with E-state index in [1.54, 1.807) is 23.5 Å². The molecule has 0 amide bonds. The smallest absolute Gasteiger partial charge is 0.129 e. The third kappa shape index (κ3) is 3.65. The van der Waals surface area contributed by atoms with Gasteiger partial charge in [0.1, 0.15) is 5.82 Å². The highest BCUT2D eigenvalue weighted by Crippen LogP contribution is 2.27. The van der Waals surface area contributed by atoms with E-state index < -0.39 is 0 Å². The van der Waals surface area contributed by atoms with Crippen molar-refractivity contribution in [3.05, 3.63) is 50.1 Å². The quantitative estimate of drug-likeness (QED) is 0.873. The summed E-state index contributed by atoms with van der Waals surface area (Å²) in [4.78, 5) is 4.60. The molecule has 0 radical (unpaired) electrons. The molecule has 2 rings (SSSR count). The minimum absolute atomic E-state index is 0.0295. The Morgan fingerprint density at radius 1 is 1.40 bits per heavy atom. The summed E-state index contributed by atoms with van der Waals surface area (Å²) in [5.41, 5.74) is 7.72. The monoisotopic (exact) mass is 356 g/mol. The van der Waals surface area contributed by atoms with Crippen LogP contribution in [0.15, 0.2) is 28.1 Å². The van der Waals surface area contributed by atoms with E-state index in [0.29, 0.717) is 12.0 Å². The van der Waals surface area contributed by atoms with Gasteiger partial charge in [-0.05, 0) is 12.1 Å². The lowest BCUT2D eigenvalue weighted by Gasteiger charge is -2.15. The van der Waals surface area contributed by atoms with Crippen molar-refractivity contribution in [2.75, 3.05) is 0 Å². The first kappa shape index (κ1) is 15.6. The van der Waals surface area contributed by atoms with Gasteiger partial charge >= 0.3 is 0 Å². The molecule has 20 heavy (non-hydrogen) atoms. The van der Waals surface area contributed by atoms with Crippen molar-refractivity contribution in [2.45, 2.75) is 38.6 Å². The summed E-state index contributed by atoms with van der Waals surface area (Å²) in [6.45, 7) is 6.38. The fourth-order valence-corrected chi connectivity index (χ4v) is 3.26. The minimum Gasteiger partial charge on any atom is -0.324 e. The second kappa shape index (κ2) is 5.92. The summed E-state index contributed by atoms with van der Waals surface area (Å²) in [5, 5.41) is 3.00. The summed E-state index contributed by atoms with van der Waals surface area (Å²) < 4.78 is 14.6. The number of nitrogens with zero attached hydrogens (tertiary/aromatic N) is 1. The molecule has 5 heteroatoms. The van der Waals surface area contributed by atoms with E-state index in [1.165, 1.54) is 6.07 Å². The van der Waals surface area contributed by atoms with E-state index in [9.17, 15) is 4.39 Å². The number of thiazole rings is 1. The van der Waals surface area contributed by atoms with E-state index in [1.807, 2.05) is 0 Å². The van der Waals surface area contributed by atoms with Crippen LogP contribution in [0, 0.1) is 5.82 Å². The molecular weight excluding hydrogens is 339 g/mol. The number of aromatic nitrogens is 1. The van der Waals surface area contributed by atoms with Crippen molar-refractivity contribution in [1.82, 2.24) is 4.98 Å². The molecule has 0 bridgehead atoms. The van der Waals surface area contributed by atoms with Crippen molar-refractivity contribution in [3.63, 3.8) is 0 Å². The second-order valence-corrected chi connectivity index (χ2v) is 7.71. The number of rotatable bonds is 3. The summed E-state index contributed by atoms with van der Waals surface area (Å²) in [6, 6.07) is 4.60. The third-order valence-corrected chi connectivity index (χ3v) is 4.44. The second-order valence-electron chi connectivity index (χ2n) is 5.85. The van der Waals surface area contributed by atoms with Crippen molar-refractivity contribution in [1.29, 1.82) is 0 Å². The van der Waals surface area contributed by atoms with Gasteiger partial charge in [-0.15, -0.1) is 11.3 Å². The van der Waals surface area contributed by atoms with Crippen LogP contribution < -0.4 is 5.73 Å². The van der Waals surface area contributed by atoms with E-state index in [4.69, 9.17) is 5.73 Å². The van der Waals surface area contributed by atoms with Crippen LogP contribution in [0.4, 0.5) is 4.39 Å². The Bertz CT molecular complexity index is 604. The molecule has 0 aliphatic rings. The van der Waals surface area contributed by atoms with Gasteiger partial charge in [-0.3, -0.25) is 0 Å². The molecule has 1 unspecified atom stereocenters. The van der Waals surface area contributed by atoms with Crippen LogP contribution in [-0.2, 0) is 11.8 Å². The van der Waals surface area contributed by atoms with Gasteiger partial charge in [-0.2, -0.15) is 0 Å². The zero-order valence-electron chi connectivity index (χ0n) is 11.8. The number of halogens is 2. The van der Waals surface area contributed by atoms with Crippen LogP contribution in [-0.4, -0.2) is 4.98 Å². The first-order chi connectivity index (χ1) is 9.27. The molecule has 2 N–H and O–H groups in total. The van der Waals surface area contributed by atoms with Crippen molar-refractivity contribution in [3.8, 4) is 0 Å². The van der Waals surface area contributed by atoms with Gasteiger partial charge in [0.2, 0.25) is 0 Å². The Kier molecular flexibility index (Phi) is 4.62. The van der Waals surface area contributed by atoms with E-state index in [-0.39, 0.29) is 17.3 Å². The molecule has 2 aromatic rings. The predicted molar refractivity (Wildman–Crippen MR) is 85.5 cm³/mol. The van der Waals surface area contributed by atoms with Crippen LogP contribution in [0.2, 0.25) is 0 Å². The number of hydrogen-bond donors (Lipinski definition) is 1. The lowest BCUT2D eigenvalue weighted by Crippen LogP contribution is -2.16. The van der Waals surface area contributed by atoms with Gasteiger partial charge in [0.15, 0.2) is 0 Å². The van der Waals surface area contributed by atoms with Gasteiger partial charge in [-0.1, -0.05) is 42.8 Å². The summed E-state index contributed by atoms with van der Waals surface area (Å²) in [7, 11) is 0. The average Bonchev–Trinajstić information content (AvgIpc) is 2.76. The van der Waals surface area contributed by atoms with Gasteiger partial charge in [0.05, 0.1) is 10.7 Å². The predicted octanol–water partition coefficient (Wildman–Crippen LogP) is 4.58. The lowest BCUT2D eigenvalue weighted by molar-refractivity contribution is 0.563. The normalized spacial score (nSPS) is 13.5. The summed E-state index contributed by atoms with van der Waals surface area (Å²) in [5.74, 6) is -0.278. The number of hydrogen-bond acceptors (Lipinski definition) is 3. The van der Waals surface area contributed by atoms with Crippen LogP contribution in [0.1, 0.15) is 43.1 Å². The highest BCUT2D eigenvalue weighted by Gasteiger charge is 2.19. The number of nitrogens with two attached hydrogens (primary N) is 1. The largest absolute Gasteiger partial charge is 0.324 e. The highest BCUT2D eigenvalue weighted by molar-refractivity contribution is 9.10. The first-order valence-electron chi connectivity index (χ1n) is 6.43. The number of benzene rings is 1. The molecule has 1 aromatic heterocycles. The molecule has 0 saturated heterocycles. The molecule has 0 fully saturated rings. The van der Waals surface area contributed by atoms with Gasteiger partial charge in [-0.25, -0.2) is 9.37 Å².